The lowest BCUT2D eigenvalue weighted by Crippen LogP contribution is -2.45. The van der Waals surface area contributed by atoms with E-state index in [1.165, 1.54) is 37.1 Å². The summed E-state index contributed by atoms with van der Waals surface area (Å²) < 4.78 is 0. The Morgan fingerprint density at radius 3 is 2.68 bits per heavy atom. The van der Waals surface area contributed by atoms with Crippen molar-refractivity contribution in [1.82, 2.24) is 0 Å². The minimum Gasteiger partial charge on any atom is -0.368 e. The van der Waals surface area contributed by atoms with E-state index >= 15 is 0 Å². The second kappa shape index (κ2) is 5.00. The standard InChI is InChI=1S/C19H26N2O/c1-12-8-16-10-18(20-11-15-4-5-17(20)9-15)6-7-19(16)21(13(12)2)14(3)22/h6-7,10,12-13,15,17H,4-5,8-9,11H2,1-3H3/t12-,13+,15?,17?/m1/s1. The first-order valence-electron chi connectivity index (χ1n) is 8.74. The zero-order valence-corrected chi connectivity index (χ0v) is 13.9. The highest BCUT2D eigenvalue weighted by Gasteiger charge is 2.38. The topological polar surface area (TPSA) is 23.6 Å². The highest BCUT2D eigenvalue weighted by atomic mass is 16.2. The van der Waals surface area contributed by atoms with E-state index in [0.717, 1.165) is 24.1 Å². The van der Waals surface area contributed by atoms with Crippen LogP contribution in [0, 0.1) is 11.8 Å². The van der Waals surface area contributed by atoms with Crippen LogP contribution >= 0.6 is 0 Å². The van der Waals surface area contributed by atoms with Crippen LogP contribution in [0.5, 0.6) is 0 Å². The van der Waals surface area contributed by atoms with Crippen LogP contribution in [0.1, 0.15) is 45.6 Å². The summed E-state index contributed by atoms with van der Waals surface area (Å²) in [4.78, 5) is 16.7. The lowest BCUT2D eigenvalue weighted by Gasteiger charge is -2.40. The Kier molecular flexibility index (Phi) is 3.21. The SMILES string of the molecule is CC(=O)N1c2ccc(N3CC4CCC3C4)cc2C[C@@H](C)[C@@H]1C. The van der Waals surface area contributed by atoms with Crippen molar-refractivity contribution in [3.8, 4) is 0 Å². The summed E-state index contributed by atoms with van der Waals surface area (Å²) in [5.41, 5.74) is 3.85. The third kappa shape index (κ3) is 2.05. The minimum absolute atomic E-state index is 0.160. The molecular weight excluding hydrogens is 272 g/mol. The number of carbonyl (C=O) groups excluding carboxylic acids is 1. The largest absolute Gasteiger partial charge is 0.368 e. The van der Waals surface area contributed by atoms with Gasteiger partial charge in [0.1, 0.15) is 0 Å². The lowest BCUT2D eigenvalue weighted by molar-refractivity contribution is -0.117. The van der Waals surface area contributed by atoms with E-state index in [2.05, 4.69) is 36.9 Å². The van der Waals surface area contributed by atoms with E-state index < -0.39 is 0 Å². The maximum absolute atomic E-state index is 12.1. The van der Waals surface area contributed by atoms with Gasteiger partial charge in [0.05, 0.1) is 0 Å². The van der Waals surface area contributed by atoms with Crippen molar-refractivity contribution >= 4 is 17.3 Å². The normalized spacial score (nSPS) is 33.2. The number of nitrogens with zero attached hydrogens (tertiary/aromatic N) is 2. The molecule has 0 N–H and O–H groups in total. The fraction of sp³-hybridized carbons (Fsp3) is 0.632. The first kappa shape index (κ1) is 14.1. The van der Waals surface area contributed by atoms with Crippen molar-refractivity contribution in [2.24, 2.45) is 11.8 Å². The van der Waals surface area contributed by atoms with Gasteiger partial charge in [-0.05, 0) is 68.2 Å². The molecule has 1 aromatic rings. The number of rotatable bonds is 1. The molecule has 3 aliphatic rings. The summed E-state index contributed by atoms with van der Waals surface area (Å²) in [6, 6.07) is 7.82. The number of benzene rings is 1. The van der Waals surface area contributed by atoms with Crippen molar-refractivity contribution in [3.63, 3.8) is 0 Å². The summed E-state index contributed by atoms with van der Waals surface area (Å²) in [6.45, 7) is 7.34. The Balaban J connectivity index is 1.69. The predicted molar refractivity (Wildman–Crippen MR) is 90.4 cm³/mol. The maximum Gasteiger partial charge on any atom is 0.224 e. The van der Waals surface area contributed by atoms with E-state index in [-0.39, 0.29) is 5.91 Å². The average Bonchev–Trinajstić information content (AvgIpc) is 3.10. The molecule has 2 heterocycles. The molecule has 1 saturated heterocycles. The van der Waals surface area contributed by atoms with Gasteiger partial charge >= 0.3 is 0 Å². The molecule has 2 fully saturated rings. The van der Waals surface area contributed by atoms with Gasteiger partial charge in [-0.1, -0.05) is 6.92 Å². The van der Waals surface area contributed by atoms with Gasteiger partial charge in [0.15, 0.2) is 0 Å². The first-order chi connectivity index (χ1) is 10.5. The molecule has 2 bridgehead atoms. The zero-order chi connectivity index (χ0) is 15.4. The molecule has 3 nitrogen and oxygen atoms in total. The Morgan fingerprint density at radius 2 is 2.05 bits per heavy atom. The Bertz CT molecular complexity index is 611. The molecule has 0 aromatic heterocycles. The van der Waals surface area contributed by atoms with Gasteiger partial charge in [0.25, 0.3) is 0 Å². The third-order valence-electron chi connectivity index (χ3n) is 6.18. The molecule has 1 amide bonds. The Morgan fingerprint density at radius 1 is 1.23 bits per heavy atom. The molecule has 1 saturated carbocycles. The summed E-state index contributed by atoms with van der Waals surface area (Å²) >= 11 is 0. The zero-order valence-electron chi connectivity index (χ0n) is 13.9. The number of amides is 1. The van der Waals surface area contributed by atoms with Gasteiger partial charge < -0.3 is 9.80 Å². The molecule has 22 heavy (non-hydrogen) atoms. The number of hydrogen-bond donors (Lipinski definition) is 0. The van der Waals surface area contributed by atoms with Gasteiger partial charge in [-0.3, -0.25) is 4.79 Å². The van der Waals surface area contributed by atoms with E-state index in [1.807, 2.05) is 4.90 Å². The average molecular weight is 298 g/mol. The number of piperidine rings is 1. The van der Waals surface area contributed by atoms with Crippen LogP contribution in [0.25, 0.3) is 0 Å². The fourth-order valence-corrected chi connectivity index (χ4v) is 4.84. The van der Waals surface area contributed by atoms with Gasteiger partial charge in [0, 0.05) is 36.9 Å². The molecule has 3 heteroatoms. The number of anilines is 2. The van der Waals surface area contributed by atoms with Crippen molar-refractivity contribution < 1.29 is 4.79 Å². The van der Waals surface area contributed by atoms with Gasteiger partial charge in [0.2, 0.25) is 5.91 Å². The molecule has 4 atom stereocenters. The summed E-state index contributed by atoms with van der Waals surface area (Å²) in [5.74, 6) is 1.59. The van der Waals surface area contributed by atoms with Gasteiger partial charge in [-0.2, -0.15) is 0 Å². The molecule has 1 aromatic carbocycles. The monoisotopic (exact) mass is 298 g/mol. The third-order valence-corrected chi connectivity index (χ3v) is 6.18. The van der Waals surface area contributed by atoms with Crippen LogP contribution in [0.3, 0.4) is 0 Å². The molecule has 1 aliphatic carbocycles. The molecule has 2 unspecified atom stereocenters. The highest BCUT2D eigenvalue weighted by molar-refractivity contribution is 5.94. The predicted octanol–water partition coefficient (Wildman–Crippen LogP) is 3.61. The smallest absolute Gasteiger partial charge is 0.224 e. The van der Waals surface area contributed by atoms with Crippen LogP contribution in [-0.2, 0) is 11.2 Å². The van der Waals surface area contributed by atoms with Crippen LogP contribution in [-0.4, -0.2) is 24.5 Å². The van der Waals surface area contributed by atoms with Crippen molar-refractivity contribution in [3.05, 3.63) is 23.8 Å². The Labute approximate surface area is 133 Å². The maximum atomic E-state index is 12.1. The van der Waals surface area contributed by atoms with Crippen LogP contribution < -0.4 is 9.80 Å². The van der Waals surface area contributed by atoms with Crippen molar-refractivity contribution in [2.75, 3.05) is 16.3 Å². The first-order valence-corrected chi connectivity index (χ1v) is 8.74. The molecular formula is C19H26N2O. The quantitative estimate of drug-likeness (QED) is 0.791. The van der Waals surface area contributed by atoms with Crippen LogP contribution in [0.15, 0.2) is 18.2 Å². The molecule has 0 spiro atoms. The fourth-order valence-electron chi connectivity index (χ4n) is 4.84. The van der Waals surface area contributed by atoms with Crippen LogP contribution in [0.4, 0.5) is 11.4 Å². The Hall–Kier alpha value is -1.51. The molecule has 0 radical (unpaired) electrons. The van der Waals surface area contributed by atoms with Gasteiger partial charge in [-0.25, -0.2) is 0 Å². The second-order valence-electron chi connectivity index (χ2n) is 7.61. The highest BCUT2D eigenvalue weighted by Crippen LogP contribution is 2.42. The number of carbonyl (C=O) groups is 1. The molecule has 118 valence electrons. The van der Waals surface area contributed by atoms with E-state index in [1.54, 1.807) is 6.92 Å². The van der Waals surface area contributed by atoms with E-state index in [4.69, 9.17) is 0 Å². The second-order valence-corrected chi connectivity index (χ2v) is 7.61. The summed E-state index contributed by atoms with van der Waals surface area (Å²) in [6.07, 6.45) is 5.23. The number of fused-ring (bicyclic) bond motifs is 3. The van der Waals surface area contributed by atoms with Crippen molar-refractivity contribution in [2.45, 2.75) is 58.5 Å². The minimum atomic E-state index is 0.160. The molecule has 2 aliphatic heterocycles. The van der Waals surface area contributed by atoms with Crippen molar-refractivity contribution in [1.29, 1.82) is 0 Å². The summed E-state index contributed by atoms with van der Waals surface area (Å²) in [5, 5.41) is 0. The summed E-state index contributed by atoms with van der Waals surface area (Å²) in [7, 11) is 0. The van der Waals surface area contributed by atoms with Gasteiger partial charge in [-0.15, -0.1) is 0 Å². The lowest BCUT2D eigenvalue weighted by atomic mass is 9.87. The van der Waals surface area contributed by atoms with E-state index in [0.29, 0.717) is 12.0 Å². The van der Waals surface area contributed by atoms with E-state index in [9.17, 15) is 4.79 Å². The van der Waals surface area contributed by atoms with Crippen LogP contribution in [0.2, 0.25) is 0 Å². The molecule has 4 rings (SSSR count). The number of hydrogen-bond acceptors (Lipinski definition) is 2.